The van der Waals surface area contributed by atoms with Crippen molar-refractivity contribution in [1.29, 1.82) is 0 Å². The van der Waals surface area contributed by atoms with Crippen molar-refractivity contribution in [3.05, 3.63) is 36.2 Å². The molecule has 0 bridgehead atoms. The molecule has 2 saturated carbocycles. The zero-order valence-electron chi connectivity index (χ0n) is 18.6. The van der Waals surface area contributed by atoms with E-state index in [1.807, 2.05) is 44.4 Å². The van der Waals surface area contributed by atoms with Gasteiger partial charge in [-0.2, -0.15) is 0 Å². The fourth-order valence-electron chi connectivity index (χ4n) is 5.59. The Hall–Kier alpha value is -3.03. The molecular formula is C23H28N8. The quantitative estimate of drug-likeness (QED) is 0.647. The molecule has 31 heavy (non-hydrogen) atoms. The first-order chi connectivity index (χ1) is 15.0. The second kappa shape index (κ2) is 6.48. The van der Waals surface area contributed by atoms with Crippen LogP contribution in [0.2, 0.25) is 0 Å². The highest BCUT2D eigenvalue weighted by Crippen LogP contribution is 2.61. The maximum Gasteiger partial charge on any atom is 0.164 e. The van der Waals surface area contributed by atoms with Crippen LogP contribution in [0.3, 0.4) is 0 Å². The van der Waals surface area contributed by atoms with Crippen molar-refractivity contribution in [1.82, 2.24) is 29.7 Å². The zero-order chi connectivity index (χ0) is 21.3. The third kappa shape index (κ3) is 2.56. The van der Waals surface area contributed by atoms with Gasteiger partial charge in [-0.25, -0.2) is 15.0 Å². The number of rotatable bonds is 3. The minimum Gasteiger partial charge on any atom is -0.363 e. The van der Waals surface area contributed by atoms with Gasteiger partial charge in [0.05, 0.1) is 6.20 Å². The summed E-state index contributed by atoms with van der Waals surface area (Å²) in [6, 6.07) is 4.53. The molecule has 1 spiro atoms. The number of pyridine rings is 1. The molecule has 2 unspecified atom stereocenters. The number of fused-ring (bicyclic) bond motifs is 4. The predicted molar refractivity (Wildman–Crippen MR) is 119 cm³/mol. The van der Waals surface area contributed by atoms with Crippen molar-refractivity contribution in [3.63, 3.8) is 0 Å². The van der Waals surface area contributed by atoms with Crippen LogP contribution in [-0.4, -0.2) is 49.9 Å². The van der Waals surface area contributed by atoms with Gasteiger partial charge in [-0.05, 0) is 44.2 Å². The summed E-state index contributed by atoms with van der Waals surface area (Å²) in [7, 11) is 3.99. The molecule has 0 aromatic carbocycles. The first kappa shape index (κ1) is 18.7. The summed E-state index contributed by atoms with van der Waals surface area (Å²) in [4.78, 5) is 19.0. The van der Waals surface area contributed by atoms with Crippen molar-refractivity contribution in [2.45, 2.75) is 57.5 Å². The topological polar surface area (TPSA) is 75.9 Å². The zero-order valence-corrected chi connectivity index (χ0v) is 18.6. The number of hydrogen-bond acceptors (Lipinski definition) is 7. The lowest BCUT2D eigenvalue weighted by Gasteiger charge is -2.42. The second-order valence-electron chi connectivity index (χ2n) is 9.44. The minimum atomic E-state index is -0.0953. The number of anilines is 2. The van der Waals surface area contributed by atoms with Crippen molar-refractivity contribution in [2.75, 3.05) is 23.9 Å². The third-order valence-electron chi connectivity index (χ3n) is 7.29. The van der Waals surface area contributed by atoms with Crippen LogP contribution in [0.1, 0.15) is 50.7 Å². The Labute approximate surface area is 182 Å². The summed E-state index contributed by atoms with van der Waals surface area (Å²) in [5.41, 5.74) is 1.89. The van der Waals surface area contributed by atoms with E-state index in [2.05, 4.69) is 37.6 Å². The largest absolute Gasteiger partial charge is 0.363 e. The minimum absolute atomic E-state index is 0.0953. The Morgan fingerprint density at radius 3 is 2.61 bits per heavy atom. The standard InChI is InChI=1S/C23H28N8/c1-14-12-23(14)22-28-27-15(2)30(22)18-13-25-20(16-9-10-24-19(11-16)29(3)4)26-21(18)31(23)17-7-5-6-8-17/h9-11,13-14,17H,5-8,12H2,1-4H3. The monoisotopic (exact) mass is 416 g/mol. The van der Waals surface area contributed by atoms with Gasteiger partial charge in [-0.3, -0.25) is 4.57 Å². The van der Waals surface area contributed by atoms with Crippen LogP contribution in [0.5, 0.6) is 0 Å². The van der Waals surface area contributed by atoms with Crippen molar-refractivity contribution in [2.24, 2.45) is 5.92 Å². The Balaban J connectivity index is 1.56. The lowest BCUT2D eigenvalue weighted by molar-refractivity contribution is 0.441. The van der Waals surface area contributed by atoms with Crippen molar-refractivity contribution in [3.8, 4) is 17.1 Å². The molecule has 0 N–H and O–H groups in total. The molecule has 3 aliphatic rings. The Kier molecular flexibility index (Phi) is 3.91. The van der Waals surface area contributed by atoms with E-state index in [1.165, 1.54) is 25.7 Å². The summed E-state index contributed by atoms with van der Waals surface area (Å²) in [5.74, 6) is 5.16. The van der Waals surface area contributed by atoms with E-state index in [0.717, 1.165) is 46.8 Å². The summed E-state index contributed by atoms with van der Waals surface area (Å²) < 4.78 is 2.19. The van der Waals surface area contributed by atoms with Gasteiger partial charge < -0.3 is 9.80 Å². The highest BCUT2D eigenvalue weighted by Gasteiger charge is 2.64. The lowest BCUT2D eigenvalue weighted by Crippen LogP contribution is -2.48. The van der Waals surface area contributed by atoms with Crippen molar-refractivity contribution < 1.29 is 0 Å². The maximum absolute atomic E-state index is 5.19. The summed E-state index contributed by atoms with van der Waals surface area (Å²) >= 11 is 0. The van der Waals surface area contributed by atoms with E-state index in [9.17, 15) is 0 Å². The molecule has 0 amide bonds. The van der Waals surface area contributed by atoms with Crippen LogP contribution in [0.25, 0.3) is 17.1 Å². The molecule has 160 valence electrons. The van der Waals surface area contributed by atoms with E-state index < -0.39 is 0 Å². The van der Waals surface area contributed by atoms with Crippen LogP contribution in [0, 0.1) is 12.8 Å². The van der Waals surface area contributed by atoms with E-state index in [1.54, 1.807) is 0 Å². The number of hydrogen-bond donors (Lipinski definition) is 0. The number of nitrogens with zero attached hydrogens (tertiary/aromatic N) is 8. The van der Waals surface area contributed by atoms with E-state index in [4.69, 9.17) is 9.97 Å². The van der Waals surface area contributed by atoms with Gasteiger partial charge in [0.25, 0.3) is 0 Å². The van der Waals surface area contributed by atoms with Gasteiger partial charge in [0.1, 0.15) is 22.9 Å². The van der Waals surface area contributed by atoms with Gasteiger partial charge in [-0.1, -0.05) is 19.8 Å². The summed E-state index contributed by atoms with van der Waals surface area (Å²) in [5, 5.41) is 9.11. The van der Waals surface area contributed by atoms with Crippen LogP contribution in [-0.2, 0) is 5.54 Å². The average Bonchev–Trinajstić information content (AvgIpc) is 3.14. The molecule has 0 saturated heterocycles. The van der Waals surface area contributed by atoms with E-state index >= 15 is 0 Å². The smallest absolute Gasteiger partial charge is 0.164 e. The fourth-order valence-corrected chi connectivity index (χ4v) is 5.59. The van der Waals surface area contributed by atoms with Gasteiger partial charge in [-0.15, -0.1) is 10.2 Å². The number of aryl methyl sites for hydroxylation is 1. The molecule has 1 aliphatic heterocycles. The molecule has 2 atom stereocenters. The van der Waals surface area contributed by atoms with Crippen LogP contribution < -0.4 is 9.80 Å². The van der Waals surface area contributed by atoms with Gasteiger partial charge in [0, 0.05) is 31.9 Å². The van der Waals surface area contributed by atoms with Crippen LogP contribution >= 0.6 is 0 Å². The molecule has 3 aromatic rings. The Bertz CT molecular complexity index is 1160. The molecule has 8 heteroatoms. The van der Waals surface area contributed by atoms with Crippen LogP contribution in [0.15, 0.2) is 24.5 Å². The van der Waals surface area contributed by atoms with E-state index in [-0.39, 0.29) is 5.54 Å². The van der Waals surface area contributed by atoms with E-state index in [0.29, 0.717) is 12.0 Å². The Morgan fingerprint density at radius 1 is 1.13 bits per heavy atom. The Morgan fingerprint density at radius 2 is 1.90 bits per heavy atom. The average molecular weight is 417 g/mol. The molecule has 4 heterocycles. The first-order valence-electron chi connectivity index (χ1n) is 11.2. The third-order valence-corrected chi connectivity index (χ3v) is 7.29. The molecule has 2 fully saturated rings. The SMILES string of the molecule is Cc1nnc2n1-c1cnc(-c3ccnc(N(C)C)c3)nc1N(C1CCCC1)C21CC1C. The van der Waals surface area contributed by atoms with Gasteiger partial charge in [0.15, 0.2) is 17.5 Å². The highest BCUT2D eigenvalue weighted by molar-refractivity contribution is 5.70. The second-order valence-corrected chi connectivity index (χ2v) is 9.44. The van der Waals surface area contributed by atoms with Crippen molar-refractivity contribution >= 4 is 11.6 Å². The summed E-state index contributed by atoms with van der Waals surface area (Å²) in [6.07, 6.45) is 9.85. The molecular weight excluding hydrogens is 388 g/mol. The highest BCUT2D eigenvalue weighted by atomic mass is 15.4. The van der Waals surface area contributed by atoms with Crippen LogP contribution in [0.4, 0.5) is 11.6 Å². The lowest BCUT2D eigenvalue weighted by atomic mass is 10.0. The molecule has 2 aliphatic carbocycles. The fraction of sp³-hybridized carbons (Fsp3) is 0.522. The molecule has 3 aromatic heterocycles. The molecule has 0 radical (unpaired) electrons. The molecule has 6 rings (SSSR count). The van der Waals surface area contributed by atoms with Gasteiger partial charge in [0.2, 0.25) is 0 Å². The normalized spacial score (nSPS) is 24.4. The maximum atomic E-state index is 5.19. The predicted octanol–water partition coefficient (Wildman–Crippen LogP) is 3.49. The summed E-state index contributed by atoms with van der Waals surface area (Å²) in [6.45, 7) is 4.35. The van der Waals surface area contributed by atoms with Gasteiger partial charge >= 0.3 is 0 Å². The molecule has 8 nitrogen and oxygen atoms in total. The number of aromatic nitrogens is 6. The first-order valence-corrected chi connectivity index (χ1v) is 11.2.